The molecule has 0 aliphatic carbocycles. The van der Waals surface area contributed by atoms with E-state index in [1.54, 1.807) is 0 Å². The van der Waals surface area contributed by atoms with Gasteiger partial charge in [-0.2, -0.15) is 0 Å². The molecule has 0 saturated carbocycles. The van der Waals surface area contributed by atoms with Crippen molar-refractivity contribution in [2.45, 2.75) is 6.92 Å². The number of nitrogens with one attached hydrogen (secondary N) is 2. The highest BCUT2D eigenvalue weighted by atomic mass is 15.5. The van der Waals surface area contributed by atoms with E-state index in [1.807, 2.05) is 18.2 Å². The molecule has 0 fully saturated rings. The highest BCUT2D eigenvalue weighted by Gasteiger charge is 2.10. The number of hydrogen-bond acceptors (Lipinski definition) is 3. The predicted molar refractivity (Wildman–Crippen MR) is 53.1 cm³/mol. The maximum absolute atomic E-state index is 4.22. The zero-order valence-electron chi connectivity index (χ0n) is 7.46. The SMILES string of the molecule is C=C1N=C(c2ccccc2C)NN1. The zero-order valence-corrected chi connectivity index (χ0v) is 7.46. The summed E-state index contributed by atoms with van der Waals surface area (Å²) in [4.78, 5) is 4.22. The Labute approximate surface area is 77.2 Å². The Hall–Kier alpha value is -1.77. The van der Waals surface area contributed by atoms with Crippen molar-refractivity contribution in [3.63, 3.8) is 0 Å². The minimum atomic E-state index is 0.651. The fourth-order valence-electron chi connectivity index (χ4n) is 1.29. The van der Waals surface area contributed by atoms with Crippen LogP contribution in [0.4, 0.5) is 0 Å². The van der Waals surface area contributed by atoms with Crippen LogP contribution < -0.4 is 10.9 Å². The smallest absolute Gasteiger partial charge is 0.154 e. The number of nitrogens with zero attached hydrogens (tertiary/aromatic N) is 1. The Morgan fingerprint density at radius 2 is 2.00 bits per heavy atom. The van der Waals surface area contributed by atoms with Crippen LogP contribution in [0.25, 0.3) is 0 Å². The summed E-state index contributed by atoms with van der Waals surface area (Å²) in [5.41, 5.74) is 8.12. The standard InChI is InChI=1S/C10H11N3/c1-7-5-3-4-6-9(7)10-11-8(2)12-13-10/h3-6,12H,2H2,1H3,(H,11,13). The quantitative estimate of drug-likeness (QED) is 0.672. The molecular weight excluding hydrogens is 162 g/mol. The number of rotatable bonds is 1. The first-order chi connectivity index (χ1) is 6.27. The third-order valence-electron chi connectivity index (χ3n) is 1.97. The van der Waals surface area contributed by atoms with Crippen molar-refractivity contribution in [2.24, 2.45) is 4.99 Å². The van der Waals surface area contributed by atoms with Gasteiger partial charge < -0.3 is 0 Å². The van der Waals surface area contributed by atoms with E-state index in [1.165, 1.54) is 5.56 Å². The van der Waals surface area contributed by atoms with Gasteiger partial charge in [0, 0.05) is 5.56 Å². The molecule has 3 heteroatoms. The number of hydrazine groups is 1. The lowest BCUT2D eigenvalue weighted by atomic mass is 10.1. The van der Waals surface area contributed by atoms with Crippen molar-refractivity contribution in [2.75, 3.05) is 0 Å². The summed E-state index contributed by atoms with van der Waals surface area (Å²) in [6, 6.07) is 8.09. The van der Waals surface area contributed by atoms with Gasteiger partial charge in [0.15, 0.2) is 5.84 Å². The topological polar surface area (TPSA) is 36.4 Å². The van der Waals surface area contributed by atoms with Crippen LogP contribution in [0.3, 0.4) is 0 Å². The van der Waals surface area contributed by atoms with E-state index in [0.29, 0.717) is 5.82 Å². The van der Waals surface area contributed by atoms with E-state index in [9.17, 15) is 0 Å². The summed E-state index contributed by atoms with van der Waals surface area (Å²) in [6.45, 7) is 5.75. The van der Waals surface area contributed by atoms with Crippen LogP contribution in [0.5, 0.6) is 0 Å². The first-order valence-corrected chi connectivity index (χ1v) is 4.13. The molecule has 0 spiro atoms. The van der Waals surface area contributed by atoms with Crippen molar-refractivity contribution in [1.82, 2.24) is 10.9 Å². The van der Waals surface area contributed by atoms with Gasteiger partial charge in [0.25, 0.3) is 0 Å². The Morgan fingerprint density at radius 1 is 1.23 bits per heavy atom. The highest BCUT2D eigenvalue weighted by molar-refractivity contribution is 6.01. The molecule has 66 valence electrons. The van der Waals surface area contributed by atoms with E-state index in [4.69, 9.17) is 0 Å². The van der Waals surface area contributed by atoms with Crippen LogP contribution in [-0.2, 0) is 0 Å². The number of amidine groups is 1. The van der Waals surface area contributed by atoms with Crippen molar-refractivity contribution >= 4 is 5.84 Å². The summed E-state index contributed by atoms with van der Waals surface area (Å²) < 4.78 is 0. The van der Waals surface area contributed by atoms with Gasteiger partial charge in [0.05, 0.1) is 0 Å². The average Bonchev–Trinajstić information content (AvgIpc) is 2.53. The third-order valence-corrected chi connectivity index (χ3v) is 1.97. The molecule has 0 bridgehead atoms. The molecular formula is C10H11N3. The van der Waals surface area contributed by atoms with Gasteiger partial charge in [-0.05, 0) is 12.5 Å². The highest BCUT2D eigenvalue weighted by Crippen LogP contribution is 2.10. The van der Waals surface area contributed by atoms with Gasteiger partial charge in [-0.15, -0.1) is 0 Å². The number of benzene rings is 1. The molecule has 0 unspecified atom stereocenters. The van der Waals surface area contributed by atoms with E-state index >= 15 is 0 Å². The van der Waals surface area contributed by atoms with Gasteiger partial charge in [0.1, 0.15) is 5.82 Å². The summed E-state index contributed by atoms with van der Waals surface area (Å²) >= 11 is 0. The Bertz CT molecular complexity index is 380. The lowest BCUT2D eigenvalue weighted by Crippen LogP contribution is -2.29. The third kappa shape index (κ3) is 1.40. The van der Waals surface area contributed by atoms with E-state index in [2.05, 4.69) is 35.4 Å². The molecule has 2 N–H and O–H groups in total. The molecule has 1 heterocycles. The molecule has 0 aromatic heterocycles. The maximum Gasteiger partial charge on any atom is 0.154 e. The second kappa shape index (κ2) is 2.94. The molecule has 1 aromatic carbocycles. The van der Waals surface area contributed by atoms with Gasteiger partial charge in [-0.1, -0.05) is 30.8 Å². The van der Waals surface area contributed by atoms with Crippen molar-refractivity contribution in [1.29, 1.82) is 0 Å². The van der Waals surface area contributed by atoms with Crippen LogP contribution in [0.15, 0.2) is 41.7 Å². The predicted octanol–water partition coefficient (Wildman–Crippen LogP) is 1.32. The second-order valence-electron chi connectivity index (χ2n) is 2.97. The first kappa shape index (κ1) is 7.86. The van der Waals surface area contributed by atoms with Crippen molar-refractivity contribution in [3.8, 4) is 0 Å². The number of hydrogen-bond donors (Lipinski definition) is 2. The summed E-state index contributed by atoms with van der Waals surface area (Å²) in [6.07, 6.45) is 0. The maximum atomic E-state index is 4.22. The minimum Gasteiger partial charge on any atom is -0.283 e. The van der Waals surface area contributed by atoms with Crippen LogP contribution in [-0.4, -0.2) is 5.84 Å². The minimum absolute atomic E-state index is 0.651. The zero-order chi connectivity index (χ0) is 9.26. The first-order valence-electron chi connectivity index (χ1n) is 4.13. The lowest BCUT2D eigenvalue weighted by Gasteiger charge is -2.04. The molecule has 1 aliphatic rings. The van der Waals surface area contributed by atoms with E-state index in [-0.39, 0.29) is 0 Å². The van der Waals surface area contributed by atoms with Crippen LogP contribution >= 0.6 is 0 Å². The van der Waals surface area contributed by atoms with Crippen LogP contribution in [0.1, 0.15) is 11.1 Å². The molecule has 1 aromatic rings. The van der Waals surface area contributed by atoms with Gasteiger partial charge in [-0.3, -0.25) is 10.9 Å². The molecule has 13 heavy (non-hydrogen) atoms. The van der Waals surface area contributed by atoms with Gasteiger partial charge >= 0.3 is 0 Å². The number of aliphatic imine (C=N–C) groups is 1. The lowest BCUT2D eigenvalue weighted by molar-refractivity contribution is 0.812. The summed E-state index contributed by atoms with van der Waals surface area (Å²) in [5.74, 6) is 1.49. The largest absolute Gasteiger partial charge is 0.283 e. The normalized spacial score (nSPS) is 14.8. The molecule has 0 radical (unpaired) electrons. The van der Waals surface area contributed by atoms with E-state index in [0.717, 1.165) is 11.4 Å². The Balaban J connectivity index is 2.41. The Kier molecular flexibility index (Phi) is 1.77. The van der Waals surface area contributed by atoms with E-state index < -0.39 is 0 Å². The molecule has 0 amide bonds. The van der Waals surface area contributed by atoms with Crippen LogP contribution in [0, 0.1) is 6.92 Å². The van der Waals surface area contributed by atoms with Gasteiger partial charge in [0.2, 0.25) is 0 Å². The second-order valence-corrected chi connectivity index (χ2v) is 2.97. The van der Waals surface area contributed by atoms with Crippen molar-refractivity contribution in [3.05, 3.63) is 47.8 Å². The molecule has 2 rings (SSSR count). The fraction of sp³-hybridized carbons (Fsp3) is 0.100. The summed E-state index contributed by atoms with van der Waals surface area (Å²) in [5, 5.41) is 0. The number of aryl methyl sites for hydroxylation is 1. The average molecular weight is 173 g/mol. The van der Waals surface area contributed by atoms with Crippen LogP contribution in [0.2, 0.25) is 0 Å². The Morgan fingerprint density at radius 3 is 2.62 bits per heavy atom. The fourth-order valence-corrected chi connectivity index (χ4v) is 1.29. The van der Waals surface area contributed by atoms with Gasteiger partial charge in [-0.25, -0.2) is 4.99 Å². The molecule has 3 nitrogen and oxygen atoms in total. The van der Waals surface area contributed by atoms with Crippen molar-refractivity contribution < 1.29 is 0 Å². The molecule has 0 saturated heterocycles. The molecule has 1 aliphatic heterocycles. The molecule has 0 atom stereocenters. The summed E-state index contributed by atoms with van der Waals surface area (Å²) in [7, 11) is 0. The monoisotopic (exact) mass is 173 g/mol.